The van der Waals surface area contributed by atoms with Crippen molar-refractivity contribution >= 4 is 17.7 Å². The molecule has 2 saturated heterocycles. The molecule has 162 valence electrons. The van der Waals surface area contributed by atoms with Crippen molar-refractivity contribution in [3.63, 3.8) is 0 Å². The Hall–Kier alpha value is -2.29. The number of amides is 3. The van der Waals surface area contributed by atoms with Gasteiger partial charge in [-0.15, -0.1) is 0 Å². The highest BCUT2D eigenvalue weighted by Gasteiger charge is 2.40. The molecule has 3 N–H and O–H groups in total. The van der Waals surface area contributed by atoms with E-state index < -0.39 is 6.04 Å². The van der Waals surface area contributed by atoms with Crippen LogP contribution in [0.25, 0.3) is 0 Å². The zero-order chi connectivity index (χ0) is 21.5. The summed E-state index contributed by atoms with van der Waals surface area (Å²) in [7, 11) is 0. The summed E-state index contributed by atoms with van der Waals surface area (Å²) in [5.74, 6) is -0.753. The number of hydrogen-bond donors (Lipinski definition) is 2. The van der Waals surface area contributed by atoms with E-state index in [9.17, 15) is 14.4 Å². The molecule has 0 spiro atoms. The molecule has 3 aliphatic heterocycles. The van der Waals surface area contributed by atoms with E-state index in [4.69, 9.17) is 5.73 Å². The van der Waals surface area contributed by atoms with Gasteiger partial charge in [0.2, 0.25) is 11.8 Å². The van der Waals surface area contributed by atoms with Crippen LogP contribution in [0.1, 0.15) is 48.2 Å². The minimum absolute atomic E-state index is 0.00205. The lowest BCUT2D eigenvalue weighted by Gasteiger charge is -2.47. The average molecular weight is 414 g/mol. The summed E-state index contributed by atoms with van der Waals surface area (Å²) in [5.41, 5.74) is 8.56. The Morgan fingerprint density at radius 1 is 1.20 bits per heavy atom. The molecule has 0 saturated carbocycles. The predicted molar refractivity (Wildman–Crippen MR) is 112 cm³/mol. The summed E-state index contributed by atoms with van der Waals surface area (Å²) in [6.45, 7) is 10.2. The van der Waals surface area contributed by atoms with Gasteiger partial charge in [0.05, 0.1) is 0 Å². The molecule has 0 aromatic heterocycles. The molecule has 0 radical (unpaired) electrons. The Morgan fingerprint density at radius 3 is 2.70 bits per heavy atom. The molecule has 3 heterocycles. The number of imide groups is 1. The fourth-order valence-corrected chi connectivity index (χ4v) is 4.96. The van der Waals surface area contributed by atoms with Crippen LogP contribution in [0.2, 0.25) is 0 Å². The maximum absolute atomic E-state index is 13.0. The van der Waals surface area contributed by atoms with Crippen LogP contribution < -0.4 is 11.1 Å². The maximum atomic E-state index is 13.0. The lowest BCUT2D eigenvalue weighted by atomic mass is 9.96. The van der Waals surface area contributed by atoms with Gasteiger partial charge in [-0.25, -0.2) is 0 Å². The first-order chi connectivity index (χ1) is 14.3. The molecule has 8 nitrogen and oxygen atoms in total. The second-order valence-electron chi connectivity index (χ2n) is 9.14. The molecule has 3 amide bonds. The van der Waals surface area contributed by atoms with E-state index in [0.29, 0.717) is 25.1 Å². The highest BCUT2D eigenvalue weighted by Crippen LogP contribution is 2.32. The van der Waals surface area contributed by atoms with Crippen LogP contribution in [0.4, 0.5) is 0 Å². The highest BCUT2D eigenvalue weighted by molar-refractivity contribution is 6.05. The normalized spacial score (nSPS) is 24.8. The van der Waals surface area contributed by atoms with E-state index in [-0.39, 0.29) is 29.7 Å². The molecular weight excluding hydrogens is 382 g/mol. The molecule has 8 heteroatoms. The van der Waals surface area contributed by atoms with E-state index in [1.807, 2.05) is 12.1 Å². The van der Waals surface area contributed by atoms with Gasteiger partial charge in [-0.1, -0.05) is 12.1 Å². The maximum Gasteiger partial charge on any atom is 0.255 e. The van der Waals surface area contributed by atoms with Gasteiger partial charge in [0, 0.05) is 63.3 Å². The van der Waals surface area contributed by atoms with Crippen LogP contribution in [0.15, 0.2) is 18.2 Å². The van der Waals surface area contributed by atoms with Gasteiger partial charge < -0.3 is 10.6 Å². The first kappa shape index (κ1) is 21.0. The smallest absolute Gasteiger partial charge is 0.255 e. The fraction of sp³-hybridized carbons (Fsp3) is 0.591. The minimum Gasteiger partial charge on any atom is -0.329 e. The number of benzene rings is 1. The number of piperazine rings is 1. The summed E-state index contributed by atoms with van der Waals surface area (Å²) < 4.78 is 0. The van der Waals surface area contributed by atoms with Gasteiger partial charge in [-0.05, 0) is 37.5 Å². The Bertz CT molecular complexity index is 868. The third-order valence-electron chi connectivity index (χ3n) is 6.64. The third-order valence-corrected chi connectivity index (χ3v) is 6.64. The standard InChI is InChI=1S/C22H31N5O3/c1-22(2)14-25(9-8-23)10-11-26(22)12-15-4-3-5-16-17(15)13-27(21(16)30)18-6-7-19(28)24-20(18)29/h3-5,18H,6-14,23H2,1-2H3,(H,24,28,29). The molecule has 1 aromatic rings. The van der Waals surface area contributed by atoms with E-state index in [1.165, 1.54) is 0 Å². The van der Waals surface area contributed by atoms with Crippen LogP contribution in [-0.4, -0.2) is 76.7 Å². The second kappa shape index (κ2) is 8.09. The number of piperidine rings is 1. The van der Waals surface area contributed by atoms with Gasteiger partial charge in [0.15, 0.2) is 0 Å². The van der Waals surface area contributed by atoms with Crippen LogP contribution in [0.5, 0.6) is 0 Å². The topological polar surface area (TPSA) is 99.0 Å². The molecule has 0 bridgehead atoms. The van der Waals surface area contributed by atoms with Gasteiger partial charge >= 0.3 is 0 Å². The number of fused-ring (bicyclic) bond motifs is 1. The summed E-state index contributed by atoms with van der Waals surface area (Å²) in [5, 5.41) is 2.37. The summed E-state index contributed by atoms with van der Waals surface area (Å²) in [6, 6.07) is 5.28. The zero-order valence-corrected chi connectivity index (χ0v) is 17.8. The second-order valence-corrected chi connectivity index (χ2v) is 9.14. The monoisotopic (exact) mass is 413 g/mol. The first-order valence-electron chi connectivity index (χ1n) is 10.7. The van der Waals surface area contributed by atoms with E-state index in [1.54, 1.807) is 4.90 Å². The Morgan fingerprint density at radius 2 is 2.00 bits per heavy atom. The van der Waals surface area contributed by atoms with Gasteiger partial charge in [0.25, 0.3) is 5.91 Å². The van der Waals surface area contributed by atoms with Crippen molar-refractivity contribution in [3.8, 4) is 0 Å². The van der Waals surface area contributed by atoms with Crippen LogP contribution in [0.3, 0.4) is 0 Å². The van der Waals surface area contributed by atoms with Crippen LogP contribution in [0, 0.1) is 0 Å². The largest absolute Gasteiger partial charge is 0.329 e. The lowest BCUT2D eigenvalue weighted by Crippen LogP contribution is -2.59. The summed E-state index contributed by atoms with van der Waals surface area (Å²) in [4.78, 5) is 43.3. The number of nitrogens with one attached hydrogen (secondary N) is 1. The molecular formula is C22H31N5O3. The predicted octanol–water partition coefficient (Wildman–Crippen LogP) is 0.303. The fourth-order valence-electron chi connectivity index (χ4n) is 4.96. The van der Waals surface area contributed by atoms with Gasteiger partial charge in [0.1, 0.15) is 6.04 Å². The zero-order valence-electron chi connectivity index (χ0n) is 17.8. The van der Waals surface area contributed by atoms with E-state index >= 15 is 0 Å². The average Bonchev–Trinajstić information content (AvgIpc) is 3.01. The van der Waals surface area contributed by atoms with Crippen molar-refractivity contribution in [1.29, 1.82) is 0 Å². The summed E-state index contributed by atoms with van der Waals surface area (Å²) >= 11 is 0. The molecule has 30 heavy (non-hydrogen) atoms. The van der Waals surface area contributed by atoms with Gasteiger partial charge in [-0.2, -0.15) is 0 Å². The Labute approximate surface area is 177 Å². The van der Waals surface area contributed by atoms with Crippen LogP contribution in [-0.2, 0) is 22.7 Å². The molecule has 1 atom stereocenters. The van der Waals surface area contributed by atoms with Crippen molar-refractivity contribution < 1.29 is 14.4 Å². The molecule has 1 unspecified atom stereocenters. The lowest BCUT2D eigenvalue weighted by molar-refractivity contribution is -0.136. The number of carbonyl (C=O) groups is 3. The van der Waals surface area contributed by atoms with Crippen molar-refractivity contribution in [3.05, 3.63) is 34.9 Å². The number of carbonyl (C=O) groups excluding carboxylic acids is 3. The van der Waals surface area contributed by atoms with Crippen molar-refractivity contribution in [2.24, 2.45) is 5.73 Å². The van der Waals surface area contributed by atoms with Gasteiger partial charge in [-0.3, -0.25) is 29.5 Å². The highest BCUT2D eigenvalue weighted by atomic mass is 16.2. The summed E-state index contributed by atoms with van der Waals surface area (Å²) in [6.07, 6.45) is 0.653. The van der Waals surface area contributed by atoms with E-state index in [2.05, 4.69) is 35.0 Å². The molecule has 3 aliphatic rings. The first-order valence-corrected chi connectivity index (χ1v) is 10.7. The van der Waals surface area contributed by atoms with Crippen LogP contribution >= 0.6 is 0 Å². The number of nitrogens with zero attached hydrogens (tertiary/aromatic N) is 3. The molecule has 4 rings (SSSR count). The molecule has 2 fully saturated rings. The van der Waals surface area contributed by atoms with Crippen molar-refractivity contribution in [1.82, 2.24) is 20.0 Å². The van der Waals surface area contributed by atoms with Crippen molar-refractivity contribution in [2.45, 2.75) is 51.4 Å². The Balaban J connectivity index is 1.52. The SMILES string of the molecule is CC1(C)CN(CCN)CCN1Cc1cccc2c1CN(C1CCC(=O)NC1=O)C2=O. The number of nitrogens with two attached hydrogens (primary N) is 1. The Kier molecular flexibility index (Phi) is 5.65. The minimum atomic E-state index is -0.577. The van der Waals surface area contributed by atoms with Crippen molar-refractivity contribution in [2.75, 3.05) is 32.7 Å². The molecule has 1 aromatic carbocycles. The number of rotatable bonds is 5. The molecule has 0 aliphatic carbocycles. The quantitative estimate of drug-likeness (QED) is 0.674. The third kappa shape index (κ3) is 3.87. The number of hydrogen-bond acceptors (Lipinski definition) is 6. The van der Waals surface area contributed by atoms with E-state index in [0.717, 1.165) is 43.9 Å².